The number of halogens is 2. The Balaban J connectivity index is 2.59. The molecular formula is C11H12Cl2N2O. The Hall–Kier alpha value is -1.03. The molecule has 86 valence electrons. The minimum absolute atomic E-state index is 0.194. The summed E-state index contributed by atoms with van der Waals surface area (Å²) in [5.74, 6) is -0.194. The van der Waals surface area contributed by atoms with Crippen LogP contribution in [0.1, 0.15) is 10.4 Å². The van der Waals surface area contributed by atoms with Gasteiger partial charge in [-0.2, -0.15) is 0 Å². The number of nitrogens with one attached hydrogen (secondary N) is 1. The summed E-state index contributed by atoms with van der Waals surface area (Å²) in [4.78, 5) is 11.6. The SMILES string of the molecule is NC/C=C/CNC(=O)c1ccc(Cl)c(Cl)c1. The summed E-state index contributed by atoms with van der Waals surface area (Å²) < 4.78 is 0. The van der Waals surface area contributed by atoms with Crippen molar-refractivity contribution >= 4 is 29.1 Å². The van der Waals surface area contributed by atoms with Crippen LogP contribution in [-0.2, 0) is 0 Å². The van der Waals surface area contributed by atoms with Gasteiger partial charge in [0, 0.05) is 18.7 Å². The molecule has 0 heterocycles. The Labute approximate surface area is 104 Å². The highest BCUT2D eigenvalue weighted by atomic mass is 35.5. The van der Waals surface area contributed by atoms with Crippen molar-refractivity contribution in [1.29, 1.82) is 0 Å². The van der Waals surface area contributed by atoms with E-state index < -0.39 is 0 Å². The van der Waals surface area contributed by atoms with Crippen molar-refractivity contribution in [2.75, 3.05) is 13.1 Å². The van der Waals surface area contributed by atoms with Crippen molar-refractivity contribution in [3.8, 4) is 0 Å². The summed E-state index contributed by atoms with van der Waals surface area (Å²) in [6, 6.07) is 4.75. The number of benzene rings is 1. The van der Waals surface area contributed by atoms with Gasteiger partial charge in [-0.15, -0.1) is 0 Å². The van der Waals surface area contributed by atoms with Gasteiger partial charge < -0.3 is 11.1 Å². The lowest BCUT2D eigenvalue weighted by Gasteiger charge is -2.03. The number of hydrogen-bond donors (Lipinski definition) is 2. The molecule has 0 radical (unpaired) electrons. The average molecular weight is 259 g/mol. The average Bonchev–Trinajstić information content (AvgIpc) is 2.28. The molecule has 0 fully saturated rings. The summed E-state index contributed by atoms with van der Waals surface area (Å²) in [5, 5.41) is 3.50. The Morgan fingerprint density at radius 1 is 1.31 bits per heavy atom. The van der Waals surface area contributed by atoms with E-state index in [4.69, 9.17) is 28.9 Å². The molecule has 0 atom stereocenters. The highest BCUT2D eigenvalue weighted by molar-refractivity contribution is 6.42. The van der Waals surface area contributed by atoms with Crippen molar-refractivity contribution in [3.05, 3.63) is 46.0 Å². The summed E-state index contributed by atoms with van der Waals surface area (Å²) in [6.45, 7) is 0.902. The van der Waals surface area contributed by atoms with Crippen LogP contribution < -0.4 is 11.1 Å². The molecule has 0 unspecified atom stereocenters. The molecule has 0 saturated heterocycles. The first-order chi connectivity index (χ1) is 7.65. The molecule has 0 aromatic heterocycles. The third kappa shape index (κ3) is 3.85. The number of carbonyl (C=O) groups is 1. The van der Waals surface area contributed by atoms with Crippen molar-refractivity contribution < 1.29 is 4.79 Å². The normalized spacial score (nSPS) is 10.7. The van der Waals surface area contributed by atoms with Gasteiger partial charge in [0.25, 0.3) is 5.91 Å². The van der Waals surface area contributed by atoms with Gasteiger partial charge in [0.15, 0.2) is 0 Å². The predicted octanol–water partition coefficient (Wildman–Crippen LogP) is 2.24. The first-order valence-electron chi connectivity index (χ1n) is 4.73. The zero-order valence-electron chi connectivity index (χ0n) is 8.54. The first kappa shape index (κ1) is 13.0. The molecule has 16 heavy (non-hydrogen) atoms. The van der Waals surface area contributed by atoms with Crippen LogP contribution >= 0.6 is 23.2 Å². The van der Waals surface area contributed by atoms with Crippen molar-refractivity contribution in [1.82, 2.24) is 5.32 Å². The van der Waals surface area contributed by atoms with Gasteiger partial charge in [0.05, 0.1) is 10.0 Å². The van der Waals surface area contributed by atoms with Crippen LogP contribution in [0.25, 0.3) is 0 Å². The van der Waals surface area contributed by atoms with Crippen molar-refractivity contribution in [2.45, 2.75) is 0 Å². The lowest BCUT2D eigenvalue weighted by molar-refractivity contribution is 0.0958. The summed E-state index contributed by atoms with van der Waals surface area (Å²) in [6.07, 6.45) is 3.56. The summed E-state index contributed by atoms with van der Waals surface area (Å²) >= 11 is 11.5. The van der Waals surface area contributed by atoms with Gasteiger partial charge in [0.2, 0.25) is 0 Å². The maximum Gasteiger partial charge on any atom is 0.251 e. The fourth-order valence-electron chi connectivity index (χ4n) is 1.07. The lowest BCUT2D eigenvalue weighted by Crippen LogP contribution is -2.23. The largest absolute Gasteiger partial charge is 0.349 e. The molecule has 5 heteroatoms. The number of amides is 1. The molecular weight excluding hydrogens is 247 g/mol. The van der Waals surface area contributed by atoms with Crippen LogP contribution in [0.3, 0.4) is 0 Å². The van der Waals surface area contributed by atoms with Crippen LogP contribution in [-0.4, -0.2) is 19.0 Å². The van der Waals surface area contributed by atoms with Crippen molar-refractivity contribution in [2.24, 2.45) is 5.73 Å². The Bertz CT molecular complexity index is 405. The quantitative estimate of drug-likeness (QED) is 0.815. The van der Waals surface area contributed by atoms with E-state index in [-0.39, 0.29) is 5.91 Å². The molecule has 3 N–H and O–H groups in total. The van der Waals surface area contributed by atoms with E-state index in [1.165, 1.54) is 6.07 Å². The number of hydrogen-bond acceptors (Lipinski definition) is 2. The second kappa shape index (κ2) is 6.53. The van der Waals surface area contributed by atoms with E-state index in [0.29, 0.717) is 28.7 Å². The molecule has 3 nitrogen and oxygen atoms in total. The molecule has 1 aromatic carbocycles. The lowest BCUT2D eigenvalue weighted by atomic mass is 10.2. The Morgan fingerprint density at radius 3 is 2.69 bits per heavy atom. The van der Waals surface area contributed by atoms with Crippen LogP contribution in [0, 0.1) is 0 Å². The van der Waals surface area contributed by atoms with E-state index in [0.717, 1.165) is 0 Å². The molecule has 0 aliphatic heterocycles. The third-order valence-electron chi connectivity index (χ3n) is 1.87. The molecule has 0 bridgehead atoms. The molecule has 0 aliphatic carbocycles. The van der Waals surface area contributed by atoms with Gasteiger partial charge >= 0.3 is 0 Å². The maximum absolute atomic E-state index is 11.6. The van der Waals surface area contributed by atoms with Gasteiger partial charge in [-0.25, -0.2) is 0 Å². The summed E-state index contributed by atoms with van der Waals surface area (Å²) in [5.41, 5.74) is 5.74. The summed E-state index contributed by atoms with van der Waals surface area (Å²) in [7, 11) is 0. The van der Waals surface area contributed by atoms with Crippen molar-refractivity contribution in [3.63, 3.8) is 0 Å². The van der Waals surface area contributed by atoms with Gasteiger partial charge in [-0.1, -0.05) is 35.4 Å². The smallest absolute Gasteiger partial charge is 0.251 e. The fourth-order valence-corrected chi connectivity index (χ4v) is 1.37. The fraction of sp³-hybridized carbons (Fsp3) is 0.182. The van der Waals surface area contributed by atoms with Crippen LogP contribution in [0.5, 0.6) is 0 Å². The molecule has 0 saturated carbocycles. The van der Waals surface area contributed by atoms with Crippen LogP contribution in [0.2, 0.25) is 10.0 Å². The monoisotopic (exact) mass is 258 g/mol. The van der Waals surface area contributed by atoms with Gasteiger partial charge in [-0.05, 0) is 18.2 Å². The van der Waals surface area contributed by atoms with E-state index in [1.54, 1.807) is 24.3 Å². The van der Waals surface area contributed by atoms with Crippen LogP contribution in [0.4, 0.5) is 0 Å². The first-order valence-corrected chi connectivity index (χ1v) is 5.49. The number of nitrogens with two attached hydrogens (primary N) is 1. The Morgan fingerprint density at radius 2 is 2.06 bits per heavy atom. The van der Waals surface area contributed by atoms with Gasteiger partial charge in [-0.3, -0.25) is 4.79 Å². The standard InChI is InChI=1S/C11H12Cl2N2O/c12-9-4-3-8(7-10(9)13)11(16)15-6-2-1-5-14/h1-4,7H,5-6,14H2,(H,15,16)/b2-1+. The van der Waals surface area contributed by atoms with Gasteiger partial charge in [0.1, 0.15) is 0 Å². The van der Waals surface area contributed by atoms with E-state index in [2.05, 4.69) is 5.32 Å². The molecule has 0 spiro atoms. The highest BCUT2D eigenvalue weighted by Gasteiger charge is 2.06. The van der Waals surface area contributed by atoms with E-state index >= 15 is 0 Å². The third-order valence-corrected chi connectivity index (χ3v) is 2.60. The number of rotatable bonds is 4. The second-order valence-corrected chi connectivity index (χ2v) is 3.86. The molecule has 1 rings (SSSR count). The Kier molecular flexibility index (Phi) is 5.32. The predicted molar refractivity (Wildman–Crippen MR) is 67.0 cm³/mol. The minimum atomic E-state index is -0.194. The van der Waals surface area contributed by atoms with Crippen LogP contribution in [0.15, 0.2) is 30.4 Å². The molecule has 0 aliphatic rings. The van der Waals surface area contributed by atoms with E-state index in [9.17, 15) is 4.79 Å². The second-order valence-electron chi connectivity index (χ2n) is 3.05. The maximum atomic E-state index is 11.6. The zero-order chi connectivity index (χ0) is 12.0. The zero-order valence-corrected chi connectivity index (χ0v) is 10.1. The molecule has 1 aromatic rings. The highest BCUT2D eigenvalue weighted by Crippen LogP contribution is 2.22. The topological polar surface area (TPSA) is 55.1 Å². The number of carbonyl (C=O) groups excluding carboxylic acids is 1. The van der Waals surface area contributed by atoms with E-state index in [1.807, 2.05) is 0 Å². The molecule has 1 amide bonds. The minimum Gasteiger partial charge on any atom is -0.349 e.